The molecule has 9 nitrogen and oxygen atoms in total. The van der Waals surface area contributed by atoms with Gasteiger partial charge in [-0.05, 0) is 18.2 Å². The van der Waals surface area contributed by atoms with E-state index in [-0.39, 0.29) is 6.61 Å². The fourth-order valence-corrected chi connectivity index (χ4v) is 3.49. The van der Waals surface area contributed by atoms with E-state index in [2.05, 4.69) is 15.3 Å². The van der Waals surface area contributed by atoms with Crippen LogP contribution in [-0.2, 0) is 19.6 Å². The number of alkyl halides is 3. The van der Waals surface area contributed by atoms with Gasteiger partial charge in [0.2, 0.25) is 10.0 Å². The molecule has 0 radical (unpaired) electrons. The van der Waals surface area contributed by atoms with Crippen molar-refractivity contribution in [2.24, 2.45) is 0 Å². The van der Waals surface area contributed by atoms with E-state index in [0.29, 0.717) is 24.8 Å². The van der Waals surface area contributed by atoms with E-state index < -0.39 is 28.2 Å². The van der Waals surface area contributed by atoms with Crippen molar-refractivity contribution in [3.63, 3.8) is 0 Å². The quantitative estimate of drug-likeness (QED) is 0.730. The van der Waals surface area contributed by atoms with Gasteiger partial charge in [0, 0.05) is 18.4 Å². The highest BCUT2D eigenvalue weighted by atomic mass is 32.2. The van der Waals surface area contributed by atoms with E-state index in [1.54, 1.807) is 12.3 Å². The second-order valence-electron chi connectivity index (χ2n) is 6.06. The van der Waals surface area contributed by atoms with E-state index in [0.717, 1.165) is 5.69 Å². The number of morpholine rings is 1. The number of nitrogens with zero attached hydrogens (tertiary/aromatic N) is 3. The van der Waals surface area contributed by atoms with Crippen molar-refractivity contribution >= 4 is 27.5 Å². The Morgan fingerprint density at radius 1 is 1.27 bits per heavy atom. The number of hydrogen-bond acceptors (Lipinski definition) is 7. The molecule has 0 aliphatic carbocycles. The van der Waals surface area contributed by atoms with E-state index in [1.165, 1.54) is 10.6 Å². The first-order chi connectivity index (χ1) is 14.0. The molecule has 1 aliphatic rings. The van der Waals surface area contributed by atoms with Crippen LogP contribution in [0.1, 0.15) is 11.9 Å². The van der Waals surface area contributed by atoms with Crippen LogP contribution in [0.3, 0.4) is 0 Å². The predicted octanol–water partition coefficient (Wildman–Crippen LogP) is 2.19. The van der Waals surface area contributed by atoms with Crippen LogP contribution in [0.2, 0.25) is 0 Å². The van der Waals surface area contributed by atoms with Crippen molar-refractivity contribution in [3.8, 4) is 0 Å². The summed E-state index contributed by atoms with van der Waals surface area (Å²) in [5.41, 5.74) is 0.900. The summed E-state index contributed by atoms with van der Waals surface area (Å²) in [6.45, 7) is 0.941. The highest BCUT2D eigenvalue weighted by Gasteiger charge is 2.38. The average molecular weight is 448 g/mol. The first-order valence-electron chi connectivity index (χ1n) is 8.48. The molecule has 3 rings (SSSR count). The van der Waals surface area contributed by atoms with Crippen molar-refractivity contribution in [2.75, 3.05) is 31.3 Å². The summed E-state index contributed by atoms with van der Waals surface area (Å²) in [7, 11) is -3.34. The number of rotatable bonds is 4. The average Bonchev–Trinajstić information content (AvgIpc) is 2.68. The second-order valence-corrected chi connectivity index (χ2v) is 7.99. The first-order valence-corrected chi connectivity index (χ1v) is 10.3. The molecular formula is C17H19F3N4O5S. The molecule has 0 saturated carbocycles. The number of hydrogen-bond donors (Lipinski definition) is 2. The highest BCUT2D eigenvalue weighted by Crippen LogP contribution is 2.25. The van der Waals surface area contributed by atoms with Gasteiger partial charge in [0.25, 0.3) is 0 Å². The maximum Gasteiger partial charge on any atom is 0.490 e. The highest BCUT2D eigenvalue weighted by molar-refractivity contribution is 7.88. The molecule has 2 aromatic rings. The zero-order chi connectivity index (χ0) is 22.4. The zero-order valence-corrected chi connectivity index (χ0v) is 16.5. The van der Waals surface area contributed by atoms with Crippen molar-refractivity contribution in [1.29, 1.82) is 0 Å². The minimum absolute atomic E-state index is 0.252. The van der Waals surface area contributed by atoms with Gasteiger partial charge in [0.1, 0.15) is 11.9 Å². The Labute approximate surface area is 170 Å². The predicted molar refractivity (Wildman–Crippen MR) is 101 cm³/mol. The fraction of sp³-hybridized carbons (Fsp3) is 0.353. The number of sulfonamides is 1. The van der Waals surface area contributed by atoms with Gasteiger partial charge < -0.3 is 15.2 Å². The molecule has 2 heterocycles. The molecule has 2 N–H and O–H groups in total. The third kappa shape index (κ3) is 6.93. The van der Waals surface area contributed by atoms with Crippen LogP contribution < -0.4 is 5.32 Å². The number of carboxylic acids is 1. The number of aromatic nitrogens is 2. The monoisotopic (exact) mass is 448 g/mol. The molecule has 1 aromatic heterocycles. The SMILES string of the molecule is CS(=O)(=O)N1CCOCC1c1nccc(Nc2ccccc2)n1.O=C(O)C(F)(F)F. The molecule has 1 aliphatic heterocycles. The number of carboxylic acid groups (broad SMARTS) is 1. The van der Waals surface area contributed by atoms with Crippen molar-refractivity contribution in [3.05, 3.63) is 48.4 Å². The number of para-hydroxylation sites is 1. The van der Waals surface area contributed by atoms with Gasteiger partial charge in [-0.15, -0.1) is 0 Å². The Morgan fingerprint density at radius 2 is 1.90 bits per heavy atom. The first kappa shape index (κ1) is 23.5. The van der Waals surface area contributed by atoms with Gasteiger partial charge in [0.05, 0.1) is 19.5 Å². The number of nitrogens with one attached hydrogen (secondary N) is 1. The Kier molecular flexibility index (Phi) is 7.70. The van der Waals surface area contributed by atoms with Crippen molar-refractivity contribution in [2.45, 2.75) is 12.2 Å². The maximum atomic E-state index is 11.9. The largest absolute Gasteiger partial charge is 0.490 e. The smallest absolute Gasteiger partial charge is 0.475 e. The Bertz CT molecular complexity index is 957. The number of anilines is 2. The zero-order valence-electron chi connectivity index (χ0n) is 15.7. The van der Waals surface area contributed by atoms with Crippen LogP contribution in [0.25, 0.3) is 0 Å². The Morgan fingerprint density at radius 3 is 2.47 bits per heavy atom. The third-order valence-corrected chi connectivity index (χ3v) is 5.06. The molecule has 13 heteroatoms. The van der Waals surface area contributed by atoms with Crippen molar-refractivity contribution in [1.82, 2.24) is 14.3 Å². The lowest BCUT2D eigenvalue weighted by atomic mass is 10.2. The number of carbonyl (C=O) groups is 1. The lowest BCUT2D eigenvalue weighted by Gasteiger charge is -2.32. The summed E-state index contributed by atoms with van der Waals surface area (Å²) in [4.78, 5) is 17.6. The minimum Gasteiger partial charge on any atom is -0.475 e. The summed E-state index contributed by atoms with van der Waals surface area (Å²) in [6, 6.07) is 10.9. The molecule has 0 amide bonds. The van der Waals surface area contributed by atoms with E-state index >= 15 is 0 Å². The lowest BCUT2D eigenvalue weighted by molar-refractivity contribution is -0.192. The number of halogens is 3. The molecule has 0 spiro atoms. The van der Waals surface area contributed by atoms with Crippen LogP contribution in [0, 0.1) is 0 Å². The standard InChI is InChI=1S/C15H18N4O3S.C2HF3O2/c1-23(20,21)19-9-10-22-11-13(19)15-16-8-7-14(18-15)17-12-5-3-2-4-6-12;3-2(4,5)1(6)7/h2-8,13H,9-11H2,1H3,(H,16,17,18);(H,6,7). The molecule has 1 fully saturated rings. The van der Waals surface area contributed by atoms with Gasteiger partial charge in [0.15, 0.2) is 5.82 Å². The summed E-state index contributed by atoms with van der Waals surface area (Å²) >= 11 is 0. The molecule has 1 aromatic carbocycles. The maximum absolute atomic E-state index is 11.9. The van der Waals surface area contributed by atoms with E-state index in [9.17, 15) is 21.6 Å². The number of benzene rings is 1. The van der Waals surface area contributed by atoms with Crippen LogP contribution in [0.4, 0.5) is 24.7 Å². The molecular weight excluding hydrogens is 429 g/mol. The van der Waals surface area contributed by atoms with Gasteiger partial charge in [-0.1, -0.05) is 18.2 Å². The Hall–Kier alpha value is -2.77. The molecule has 30 heavy (non-hydrogen) atoms. The lowest BCUT2D eigenvalue weighted by Crippen LogP contribution is -2.43. The van der Waals surface area contributed by atoms with Crippen LogP contribution >= 0.6 is 0 Å². The molecule has 164 valence electrons. The molecule has 1 unspecified atom stereocenters. The normalized spacial score (nSPS) is 17.5. The van der Waals surface area contributed by atoms with Gasteiger partial charge in [-0.25, -0.2) is 23.2 Å². The fourth-order valence-electron chi connectivity index (χ4n) is 2.46. The summed E-state index contributed by atoms with van der Waals surface area (Å²) in [5, 5.41) is 10.3. The topological polar surface area (TPSA) is 122 Å². The van der Waals surface area contributed by atoms with Crippen molar-refractivity contribution < 1.29 is 36.2 Å². The summed E-state index contributed by atoms with van der Waals surface area (Å²) in [5.74, 6) is -1.72. The molecule has 0 bridgehead atoms. The molecule has 1 saturated heterocycles. The second kappa shape index (κ2) is 9.82. The van der Waals surface area contributed by atoms with Gasteiger partial charge in [-0.2, -0.15) is 17.5 Å². The Balaban J connectivity index is 0.000000396. The van der Waals surface area contributed by atoms with Gasteiger partial charge in [-0.3, -0.25) is 0 Å². The van der Waals surface area contributed by atoms with Crippen LogP contribution in [-0.4, -0.2) is 66.0 Å². The third-order valence-electron chi connectivity index (χ3n) is 3.77. The number of ether oxygens (including phenoxy) is 1. The van der Waals surface area contributed by atoms with Gasteiger partial charge >= 0.3 is 12.1 Å². The summed E-state index contributed by atoms with van der Waals surface area (Å²) < 4.78 is 62.4. The number of aliphatic carboxylic acids is 1. The van der Waals surface area contributed by atoms with E-state index in [4.69, 9.17) is 14.6 Å². The molecule has 1 atom stereocenters. The van der Waals surface area contributed by atoms with Crippen LogP contribution in [0.15, 0.2) is 42.6 Å². The minimum atomic E-state index is -5.08. The van der Waals surface area contributed by atoms with E-state index in [1.807, 2.05) is 30.3 Å². The van der Waals surface area contributed by atoms with Crippen LogP contribution in [0.5, 0.6) is 0 Å². The summed E-state index contributed by atoms with van der Waals surface area (Å²) in [6.07, 6.45) is -2.28.